The van der Waals surface area contributed by atoms with Gasteiger partial charge >= 0.3 is 30.2 Å². The fourth-order valence-electron chi connectivity index (χ4n) is 3.49. The van der Waals surface area contributed by atoms with Gasteiger partial charge in [0.2, 0.25) is 0 Å². The lowest BCUT2D eigenvalue weighted by molar-refractivity contribution is -0.285. The van der Waals surface area contributed by atoms with Gasteiger partial charge < -0.3 is 19.5 Å². The monoisotopic (exact) mass is 676 g/mol. The molecule has 12 nitrogen and oxygen atoms in total. The van der Waals surface area contributed by atoms with Crippen molar-refractivity contribution in [3.05, 3.63) is 48.2 Å². The van der Waals surface area contributed by atoms with Crippen LogP contribution in [0.2, 0.25) is 0 Å². The summed E-state index contributed by atoms with van der Waals surface area (Å²) in [4.78, 5) is 11.7. The number of nitrogens with two attached hydrogens (primary N) is 1. The number of aryl methyl sites for hydroxylation is 2. The number of aromatic nitrogens is 6. The molecule has 46 heavy (non-hydrogen) atoms. The van der Waals surface area contributed by atoms with E-state index in [-0.39, 0.29) is 40.8 Å². The molecule has 0 aliphatic heterocycles. The average Bonchev–Trinajstić information content (AvgIpc) is 3.76. The minimum Gasteiger partial charge on any atom is -0.461 e. The Kier molecular flexibility index (Phi) is 10.5. The van der Waals surface area contributed by atoms with E-state index < -0.39 is 61.9 Å². The molecule has 0 saturated carbocycles. The Bertz CT molecular complexity index is 1590. The van der Waals surface area contributed by atoms with Crippen LogP contribution < -0.4 is 5.73 Å². The number of hydrogen-bond acceptors (Lipinski definition) is 9. The second-order valence-corrected chi connectivity index (χ2v) is 9.08. The van der Waals surface area contributed by atoms with Crippen LogP contribution in [0.15, 0.2) is 45.8 Å². The maximum atomic E-state index is 13.1. The van der Waals surface area contributed by atoms with Gasteiger partial charge in [-0.3, -0.25) is 14.8 Å². The Hall–Kier alpha value is -4.92. The van der Waals surface area contributed by atoms with Gasteiger partial charge in [-0.15, -0.1) is 0 Å². The highest BCUT2D eigenvalue weighted by Gasteiger charge is 2.57. The number of nitrogen functional groups attached to an aromatic ring is 1. The van der Waals surface area contributed by atoms with Crippen LogP contribution in [0.1, 0.15) is 35.9 Å². The van der Waals surface area contributed by atoms with Crippen LogP contribution in [0.3, 0.4) is 0 Å². The molecule has 4 heterocycles. The molecule has 4 aromatic rings. The summed E-state index contributed by atoms with van der Waals surface area (Å²) in [5.41, 5.74) is 5.43. The Balaban J connectivity index is 0.000000251. The molecule has 0 amide bonds. The van der Waals surface area contributed by atoms with Gasteiger partial charge in [0, 0.05) is 44.1 Å². The molecule has 0 fully saturated rings. The second kappa shape index (κ2) is 13.6. The van der Waals surface area contributed by atoms with Crippen molar-refractivity contribution in [2.45, 2.75) is 57.1 Å². The zero-order valence-corrected chi connectivity index (χ0v) is 23.2. The Morgan fingerprint density at radius 2 is 1.22 bits per heavy atom. The number of ether oxygens (including phenoxy) is 1. The largest absolute Gasteiger partial charge is 0.461 e. The molecular formula is C24H22F10N8O4. The zero-order valence-electron chi connectivity index (χ0n) is 23.2. The number of amidine groups is 1. The smallest absolute Gasteiger partial charge is 0.453 e. The number of esters is 1. The van der Waals surface area contributed by atoms with Crippen molar-refractivity contribution in [2.75, 3.05) is 6.61 Å². The van der Waals surface area contributed by atoms with Crippen molar-refractivity contribution in [1.82, 2.24) is 29.9 Å². The Morgan fingerprint density at radius 1 is 0.804 bits per heavy atom. The Morgan fingerprint density at radius 3 is 1.57 bits per heavy atom. The highest BCUT2D eigenvalue weighted by atomic mass is 19.4. The summed E-state index contributed by atoms with van der Waals surface area (Å²) >= 11 is 0. The lowest BCUT2D eigenvalue weighted by Crippen LogP contribution is -2.37. The van der Waals surface area contributed by atoms with E-state index in [1.54, 1.807) is 6.92 Å². The van der Waals surface area contributed by atoms with E-state index in [1.165, 1.54) is 36.8 Å². The summed E-state index contributed by atoms with van der Waals surface area (Å²) in [5.74, 6) is -11.0. The van der Waals surface area contributed by atoms with Gasteiger partial charge in [-0.25, -0.2) is 4.79 Å². The molecular weight excluding hydrogens is 654 g/mol. The van der Waals surface area contributed by atoms with Crippen LogP contribution in [0.25, 0.3) is 22.8 Å². The number of hydrogen-bond donors (Lipinski definition) is 2. The maximum absolute atomic E-state index is 13.1. The van der Waals surface area contributed by atoms with Crippen molar-refractivity contribution >= 4 is 11.8 Å². The first-order valence-electron chi connectivity index (χ1n) is 12.6. The molecule has 0 saturated heterocycles. The lowest BCUT2D eigenvalue weighted by Gasteiger charge is -2.19. The number of carbonyl (C=O) groups is 1. The molecule has 0 bridgehead atoms. The Labute approximate surface area is 250 Å². The molecule has 3 N–H and O–H groups in total. The quantitative estimate of drug-likeness (QED) is 0.0876. The minimum atomic E-state index is -5.67. The van der Waals surface area contributed by atoms with Gasteiger partial charge in [0.25, 0.3) is 0 Å². The van der Waals surface area contributed by atoms with Crippen LogP contribution in [-0.2, 0) is 17.8 Å². The molecule has 0 spiro atoms. The SMILES string of the molecule is CCOC(=O)c1cc(-c2ccon2)n(CCC(F)(F)C(F)(F)F)n1.N=C(N)c1cc(-c2ccon2)n(CCC(F)(F)C(F)(F)F)n1. The zero-order chi connectivity index (χ0) is 34.5. The third-order valence-electron chi connectivity index (χ3n) is 5.83. The van der Waals surface area contributed by atoms with Gasteiger partial charge in [-0.1, -0.05) is 10.3 Å². The summed E-state index contributed by atoms with van der Waals surface area (Å²) in [6.45, 7) is 0.0878. The molecule has 0 aliphatic carbocycles. The minimum absolute atomic E-state index is 0.0527. The van der Waals surface area contributed by atoms with Gasteiger partial charge in [0.15, 0.2) is 5.69 Å². The number of alkyl halides is 10. The van der Waals surface area contributed by atoms with E-state index in [0.717, 1.165) is 9.36 Å². The topological polar surface area (TPSA) is 164 Å². The normalized spacial score (nSPS) is 12.5. The molecule has 4 rings (SSSR count). The van der Waals surface area contributed by atoms with Crippen molar-refractivity contribution in [1.29, 1.82) is 5.41 Å². The van der Waals surface area contributed by atoms with Crippen LogP contribution >= 0.6 is 0 Å². The van der Waals surface area contributed by atoms with Crippen molar-refractivity contribution < 1.29 is 62.5 Å². The number of nitrogens with zero attached hydrogens (tertiary/aromatic N) is 6. The summed E-state index contributed by atoms with van der Waals surface area (Å²) in [5, 5.41) is 21.8. The molecule has 252 valence electrons. The van der Waals surface area contributed by atoms with Crippen LogP contribution in [0.5, 0.6) is 0 Å². The fraction of sp³-hybridized carbons (Fsp3) is 0.417. The summed E-state index contributed by atoms with van der Waals surface area (Å²) < 4.78 is 141. The van der Waals surface area contributed by atoms with Crippen molar-refractivity contribution in [3.63, 3.8) is 0 Å². The predicted octanol–water partition coefficient (Wildman–Crippen LogP) is 5.71. The van der Waals surface area contributed by atoms with E-state index >= 15 is 0 Å². The average molecular weight is 676 g/mol. The molecule has 0 unspecified atom stereocenters. The summed E-state index contributed by atoms with van der Waals surface area (Å²) in [7, 11) is 0. The first-order chi connectivity index (χ1) is 21.3. The van der Waals surface area contributed by atoms with E-state index in [2.05, 4.69) is 29.6 Å². The van der Waals surface area contributed by atoms with E-state index in [1.807, 2.05) is 0 Å². The van der Waals surface area contributed by atoms with Gasteiger partial charge in [-0.2, -0.15) is 54.1 Å². The first kappa shape index (κ1) is 35.6. The van der Waals surface area contributed by atoms with Crippen LogP contribution in [0, 0.1) is 5.41 Å². The summed E-state index contributed by atoms with van der Waals surface area (Å²) in [6.07, 6.45) is -12.0. The van der Waals surface area contributed by atoms with Gasteiger partial charge in [0.1, 0.15) is 35.4 Å². The number of rotatable bonds is 11. The summed E-state index contributed by atoms with van der Waals surface area (Å²) in [6, 6.07) is 5.16. The van der Waals surface area contributed by atoms with Crippen molar-refractivity contribution in [3.8, 4) is 22.8 Å². The van der Waals surface area contributed by atoms with E-state index in [0.29, 0.717) is 0 Å². The highest BCUT2D eigenvalue weighted by Crippen LogP contribution is 2.39. The van der Waals surface area contributed by atoms with Crippen LogP contribution in [0.4, 0.5) is 43.9 Å². The van der Waals surface area contributed by atoms with E-state index in [9.17, 15) is 48.7 Å². The number of carbonyl (C=O) groups excluding carboxylic acids is 1. The van der Waals surface area contributed by atoms with E-state index in [4.69, 9.17) is 15.9 Å². The molecule has 0 radical (unpaired) electrons. The molecule has 0 atom stereocenters. The molecule has 0 aromatic carbocycles. The van der Waals surface area contributed by atoms with Gasteiger partial charge in [-0.05, 0) is 13.0 Å². The number of halogens is 10. The third-order valence-corrected chi connectivity index (χ3v) is 5.83. The number of nitrogens with one attached hydrogen (secondary N) is 1. The fourth-order valence-corrected chi connectivity index (χ4v) is 3.49. The molecule has 4 aromatic heterocycles. The second-order valence-electron chi connectivity index (χ2n) is 9.08. The van der Waals surface area contributed by atoms with Crippen LogP contribution in [-0.4, -0.2) is 72.5 Å². The third kappa shape index (κ3) is 8.41. The maximum Gasteiger partial charge on any atom is 0.453 e. The first-order valence-corrected chi connectivity index (χ1v) is 12.6. The highest BCUT2D eigenvalue weighted by molar-refractivity contribution is 5.94. The standard InChI is InChI=1S/C13H12F5N3O3.C11H10F5N5O/c1-2-23-11(22)9-7-10(8-3-6-24-20-8)21(19-9)5-4-12(14,15)13(16,17)18;12-10(13,11(14,15)16)2-3-21-8(6-1-4-22-20-6)5-7(19-21)9(17)18/h3,6-7H,2,4-5H2,1H3;1,4-5H,2-3H2,(H3,17,18). The van der Waals surface area contributed by atoms with Crippen molar-refractivity contribution in [2.24, 2.45) is 5.73 Å². The molecule has 22 heteroatoms. The van der Waals surface area contributed by atoms with Gasteiger partial charge in [0.05, 0.1) is 18.0 Å². The predicted molar refractivity (Wildman–Crippen MR) is 134 cm³/mol. The lowest BCUT2D eigenvalue weighted by atomic mass is 10.2. The molecule has 0 aliphatic rings.